The SMILES string of the molecule is Cc1c(C(=O)NC(CCn2cncn2)c2ccccc2)c(-c2ccccc2)nn1-c1ccccc1. The molecule has 0 radical (unpaired) electrons. The molecule has 0 saturated carbocycles. The number of hydrogen-bond donors (Lipinski definition) is 1. The predicted octanol–water partition coefficient (Wildman–Crippen LogP) is 5.00. The maximum atomic E-state index is 13.9. The van der Waals surface area contributed by atoms with Crippen LogP contribution in [0, 0.1) is 6.92 Å². The molecule has 35 heavy (non-hydrogen) atoms. The highest BCUT2D eigenvalue weighted by Gasteiger charge is 2.25. The first-order valence-electron chi connectivity index (χ1n) is 11.6. The Kier molecular flexibility index (Phi) is 6.48. The first-order valence-corrected chi connectivity index (χ1v) is 11.6. The fourth-order valence-electron chi connectivity index (χ4n) is 4.24. The summed E-state index contributed by atoms with van der Waals surface area (Å²) in [5.41, 5.74) is 4.86. The van der Waals surface area contributed by atoms with Gasteiger partial charge in [0.05, 0.1) is 23.0 Å². The summed E-state index contributed by atoms with van der Waals surface area (Å²) in [5, 5.41) is 12.3. The fourth-order valence-corrected chi connectivity index (χ4v) is 4.24. The van der Waals surface area contributed by atoms with E-state index in [1.807, 2.05) is 103 Å². The van der Waals surface area contributed by atoms with E-state index in [1.54, 1.807) is 11.0 Å². The second kappa shape index (κ2) is 10.2. The van der Waals surface area contributed by atoms with Crippen molar-refractivity contribution >= 4 is 5.91 Å². The predicted molar refractivity (Wildman–Crippen MR) is 135 cm³/mol. The van der Waals surface area contributed by atoms with Crippen molar-refractivity contribution in [1.29, 1.82) is 0 Å². The molecule has 3 aromatic carbocycles. The zero-order valence-corrected chi connectivity index (χ0v) is 19.5. The van der Waals surface area contributed by atoms with Crippen LogP contribution in [-0.2, 0) is 6.54 Å². The fraction of sp³-hybridized carbons (Fsp3) is 0.143. The van der Waals surface area contributed by atoms with Gasteiger partial charge in [-0.1, -0.05) is 78.9 Å². The molecular formula is C28H26N6O. The highest BCUT2D eigenvalue weighted by atomic mass is 16.1. The van der Waals surface area contributed by atoms with Crippen molar-refractivity contribution in [3.63, 3.8) is 0 Å². The molecule has 1 N–H and O–H groups in total. The number of carbonyl (C=O) groups is 1. The molecule has 174 valence electrons. The molecule has 7 heteroatoms. The maximum absolute atomic E-state index is 13.9. The number of aromatic nitrogens is 5. The Labute approximate surface area is 204 Å². The van der Waals surface area contributed by atoms with E-state index in [4.69, 9.17) is 5.10 Å². The number of nitrogens with one attached hydrogen (secondary N) is 1. The van der Waals surface area contributed by atoms with E-state index < -0.39 is 0 Å². The number of para-hydroxylation sites is 1. The van der Waals surface area contributed by atoms with Crippen LogP contribution in [-0.4, -0.2) is 30.5 Å². The van der Waals surface area contributed by atoms with Crippen LogP contribution in [0.15, 0.2) is 104 Å². The van der Waals surface area contributed by atoms with Gasteiger partial charge in [-0.05, 0) is 31.0 Å². The molecule has 1 amide bonds. The van der Waals surface area contributed by atoms with Crippen molar-refractivity contribution in [2.75, 3.05) is 0 Å². The van der Waals surface area contributed by atoms with Crippen LogP contribution in [0.2, 0.25) is 0 Å². The Balaban J connectivity index is 1.52. The first-order chi connectivity index (χ1) is 17.2. The lowest BCUT2D eigenvalue weighted by atomic mass is 10.0. The second-order valence-electron chi connectivity index (χ2n) is 8.31. The number of amides is 1. The molecule has 5 aromatic rings. The quantitative estimate of drug-likeness (QED) is 0.352. The van der Waals surface area contributed by atoms with E-state index in [0.29, 0.717) is 24.2 Å². The van der Waals surface area contributed by atoms with Gasteiger partial charge in [-0.2, -0.15) is 10.2 Å². The lowest BCUT2D eigenvalue weighted by molar-refractivity contribution is 0.0933. The third kappa shape index (κ3) is 4.89. The molecule has 7 nitrogen and oxygen atoms in total. The Hall–Kier alpha value is -4.52. The molecule has 0 bridgehead atoms. The Bertz CT molecular complexity index is 1380. The van der Waals surface area contributed by atoms with Gasteiger partial charge < -0.3 is 5.32 Å². The molecule has 0 spiro atoms. The minimum atomic E-state index is -0.198. The van der Waals surface area contributed by atoms with E-state index in [9.17, 15) is 4.79 Å². The van der Waals surface area contributed by atoms with Gasteiger partial charge in [-0.25, -0.2) is 9.67 Å². The van der Waals surface area contributed by atoms with Crippen molar-refractivity contribution in [2.24, 2.45) is 0 Å². The molecule has 2 aromatic heterocycles. The van der Waals surface area contributed by atoms with Crippen molar-refractivity contribution in [3.05, 3.63) is 120 Å². The topological polar surface area (TPSA) is 77.6 Å². The number of nitrogens with zero attached hydrogens (tertiary/aromatic N) is 5. The van der Waals surface area contributed by atoms with Gasteiger partial charge in [-0.3, -0.25) is 9.48 Å². The van der Waals surface area contributed by atoms with E-state index in [0.717, 1.165) is 22.5 Å². The van der Waals surface area contributed by atoms with Gasteiger partial charge in [0.2, 0.25) is 0 Å². The lowest BCUT2D eigenvalue weighted by Gasteiger charge is -2.20. The number of rotatable bonds is 8. The number of benzene rings is 3. The molecule has 0 fully saturated rings. The summed E-state index contributed by atoms with van der Waals surface area (Å²) in [4.78, 5) is 17.9. The molecule has 0 aliphatic heterocycles. The smallest absolute Gasteiger partial charge is 0.255 e. The minimum Gasteiger partial charge on any atom is -0.345 e. The second-order valence-corrected chi connectivity index (χ2v) is 8.31. The average Bonchev–Trinajstić information content (AvgIpc) is 3.56. The highest BCUT2D eigenvalue weighted by Crippen LogP contribution is 2.28. The summed E-state index contributed by atoms with van der Waals surface area (Å²) in [6, 6.07) is 29.5. The molecule has 0 aliphatic carbocycles. The van der Waals surface area contributed by atoms with E-state index in [2.05, 4.69) is 15.4 Å². The first kappa shape index (κ1) is 22.3. The number of aryl methyl sites for hydroxylation is 1. The Morgan fingerprint density at radius 2 is 1.57 bits per heavy atom. The zero-order valence-electron chi connectivity index (χ0n) is 19.5. The molecule has 5 rings (SSSR count). The van der Waals surface area contributed by atoms with Gasteiger partial charge in [0.15, 0.2) is 0 Å². The molecular weight excluding hydrogens is 436 g/mol. The minimum absolute atomic E-state index is 0.157. The van der Waals surface area contributed by atoms with Crippen LogP contribution >= 0.6 is 0 Å². The van der Waals surface area contributed by atoms with Gasteiger partial charge in [0, 0.05) is 12.1 Å². The summed E-state index contributed by atoms with van der Waals surface area (Å²) < 4.78 is 3.61. The Morgan fingerprint density at radius 3 is 2.23 bits per heavy atom. The van der Waals surface area contributed by atoms with Gasteiger partial charge >= 0.3 is 0 Å². The summed E-state index contributed by atoms with van der Waals surface area (Å²) in [6.07, 6.45) is 3.88. The zero-order chi connectivity index (χ0) is 24.0. The Morgan fingerprint density at radius 1 is 0.914 bits per heavy atom. The summed E-state index contributed by atoms with van der Waals surface area (Å²) in [5.74, 6) is -0.157. The maximum Gasteiger partial charge on any atom is 0.255 e. The number of hydrogen-bond acceptors (Lipinski definition) is 4. The van der Waals surface area contributed by atoms with Crippen LogP contribution < -0.4 is 5.32 Å². The lowest BCUT2D eigenvalue weighted by Crippen LogP contribution is -2.30. The third-order valence-corrected chi connectivity index (χ3v) is 6.01. The molecule has 0 saturated heterocycles. The monoisotopic (exact) mass is 462 g/mol. The normalized spacial score (nSPS) is 11.8. The highest BCUT2D eigenvalue weighted by molar-refractivity contribution is 6.01. The van der Waals surface area contributed by atoms with Crippen LogP contribution in [0.25, 0.3) is 16.9 Å². The number of carbonyl (C=O) groups excluding carboxylic acids is 1. The molecule has 0 aliphatic rings. The molecule has 2 heterocycles. The van der Waals surface area contributed by atoms with E-state index in [-0.39, 0.29) is 11.9 Å². The van der Waals surface area contributed by atoms with Crippen LogP contribution in [0.3, 0.4) is 0 Å². The average molecular weight is 463 g/mol. The van der Waals surface area contributed by atoms with Crippen molar-refractivity contribution in [3.8, 4) is 16.9 Å². The van der Waals surface area contributed by atoms with Crippen LogP contribution in [0.4, 0.5) is 0 Å². The summed E-state index contributed by atoms with van der Waals surface area (Å²) >= 11 is 0. The van der Waals surface area contributed by atoms with E-state index >= 15 is 0 Å². The standard InChI is InChI=1S/C28H26N6O/c1-21-26(27(23-13-7-3-8-14-23)32-34(21)24-15-9-4-10-16-24)28(35)31-25(22-11-5-2-6-12-22)17-18-33-20-29-19-30-33/h2-16,19-20,25H,17-18H2,1H3,(H,31,35). The molecule has 1 unspecified atom stereocenters. The van der Waals surface area contributed by atoms with Gasteiger partial charge in [-0.15, -0.1) is 0 Å². The van der Waals surface area contributed by atoms with Crippen LogP contribution in [0.1, 0.15) is 34.1 Å². The van der Waals surface area contributed by atoms with E-state index in [1.165, 1.54) is 6.33 Å². The largest absolute Gasteiger partial charge is 0.345 e. The van der Waals surface area contributed by atoms with Gasteiger partial charge in [0.1, 0.15) is 18.3 Å². The van der Waals surface area contributed by atoms with Gasteiger partial charge in [0.25, 0.3) is 5.91 Å². The van der Waals surface area contributed by atoms with Crippen molar-refractivity contribution in [1.82, 2.24) is 29.9 Å². The van der Waals surface area contributed by atoms with Crippen molar-refractivity contribution < 1.29 is 4.79 Å². The van der Waals surface area contributed by atoms with Crippen molar-refractivity contribution in [2.45, 2.75) is 25.9 Å². The molecule has 1 atom stereocenters. The van der Waals surface area contributed by atoms with Crippen LogP contribution in [0.5, 0.6) is 0 Å². The third-order valence-electron chi connectivity index (χ3n) is 6.01. The summed E-state index contributed by atoms with van der Waals surface area (Å²) in [7, 11) is 0. The summed E-state index contributed by atoms with van der Waals surface area (Å²) in [6.45, 7) is 2.57.